The highest BCUT2D eigenvalue weighted by Crippen LogP contribution is 2.42. The largest absolute Gasteiger partial charge is 0.470 e. The van der Waals surface area contributed by atoms with Crippen molar-refractivity contribution in [1.29, 1.82) is 0 Å². The Morgan fingerprint density at radius 2 is 1.76 bits per heavy atom. The van der Waals surface area contributed by atoms with E-state index in [0.29, 0.717) is 17.0 Å². The number of hydrogen-bond acceptors (Lipinski definition) is 8. The first-order valence-electron chi connectivity index (χ1n) is 10.6. The summed E-state index contributed by atoms with van der Waals surface area (Å²) in [7, 11) is -5.15. The van der Waals surface area contributed by atoms with Gasteiger partial charge in [-0.2, -0.15) is 0 Å². The number of thioether (sulfide) groups is 1. The maximum atomic E-state index is 13.7. The number of hydrogen-bond donors (Lipinski definition) is 4. The molecule has 38 heavy (non-hydrogen) atoms. The molecule has 1 aromatic heterocycles. The number of rotatable bonds is 12. The molecule has 17 heteroatoms. The molecular formula is C21H21Cl2F3N3O7PS. The topological polar surface area (TPSA) is 147 Å². The van der Waals surface area contributed by atoms with E-state index in [4.69, 9.17) is 32.5 Å². The molecule has 0 saturated carbocycles. The van der Waals surface area contributed by atoms with Crippen molar-refractivity contribution in [2.24, 2.45) is 0 Å². The standard InChI is InChI=1S/C21H21Cl2F3N3O7PS/c1-10(31)19(9-30)35-21(38-12-2-3-13(22)14(23)6-12)18(36-37(32,33)34)8-29-7-17(27-28-29)11-4-15(24)20(26)16(25)5-11/h2-7,10,18-19,21,30-31H,8-9H2,1H3,(H2,32,33,34)/t10-,18+,19?,21?/m1/s1. The number of ether oxygens (including phenoxy) is 1. The summed E-state index contributed by atoms with van der Waals surface area (Å²) in [5, 5.41) is 27.6. The molecule has 0 spiro atoms. The first kappa shape index (κ1) is 30.8. The summed E-state index contributed by atoms with van der Waals surface area (Å²) in [6, 6.07) is 5.89. The average Bonchev–Trinajstić information content (AvgIpc) is 3.29. The third kappa shape index (κ3) is 8.39. The predicted octanol–water partition coefficient (Wildman–Crippen LogP) is 4.02. The quantitative estimate of drug-likeness (QED) is 0.102. The fourth-order valence-corrected chi connectivity index (χ4v) is 5.18. The second-order valence-corrected chi connectivity index (χ2v) is 11.1. The second kappa shape index (κ2) is 13.1. The molecule has 0 bridgehead atoms. The predicted molar refractivity (Wildman–Crippen MR) is 132 cm³/mol. The average molecular weight is 618 g/mol. The first-order valence-corrected chi connectivity index (χ1v) is 13.8. The molecule has 0 fully saturated rings. The van der Waals surface area contributed by atoms with Crippen LogP contribution >= 0.6 is 42.8 Å². The van der Waals surface area contributed by atoms with Crippen LogP contribution in [0.5, 0.6) is 0 Å². The lowest BCUT2D eigenvalue weighted by Gasteiger charge is -2.31. The van der Waals surface area contributed by atoms with Crippen LogP contribution in [0.15, 0.2) is 41.4 Å². The van der Waals surface area contributed by atoms with Crippen molar-refractivity contribution in [3.63, 3.8) is 0 Å². The third-order valence-corrected chi connectivity index (χ3v) is 7.39. The second-order valence-electron chi connectivity index (χ2n) is 7.87. The van der Waals surface area contributed by atoms with Crippen LogP contribution in [0.3, 0.4) is 0 Å². The molecule has 0 aliphatic heterocycles. The number of aromatic nitrogens is 3. The van der Waals surface area contributed by atoms with E-state index in [1.54, 1.807) is 6.07 Å². The van der Waals surface area contributed by atoms with Gasteiger partial charge < -0.3 is 24.7 Å². The molecule has 0 radical (unpaired) electrons. The van der Waals surface area contributed by atoms with Gasteiger partial charge in [0.15, 0.2) is 17.5 Å². The fraction of sp³-hybridized carbons (Fsp3) is 0.333. The van der Waals surface area contributed by atoms with E-state index in [-0.39, 0.29) is 21.3 Å². The van der Waals surface area contributed by atoms with Gasteiger partial charge in [-0.3, -0.25) is 4.52 Å². The summed E-state index contributed by atoms with van der Waals surface area (Å²) < 4.78 is 64.2. The van der Waals surface area contributed by atoms with E-state index in [1.807, 2.05) is 0 Å². The Morgan fingerprint density at radius 3 is 2.32 bits per heavy atom. The highest BCUT2D eigenvalue weighted by atomic mass is 35.5. The Kier molecular flexibility index (Phi) is 10.6. The molecule has 0 aliphatic carbocycles. The van der Waals surface area contributed by atoms with Crippen molar-refractivity contribution in [2.75, 3.05) is 6.61 Å². The first-order chi connectivity index (χ1) is 17.8. The van der Waals surface area contributed by atoms with E-state index in [0.717, 1.165) is 16.4 Å². The minimum atomic E-state index is -5.15. The highest BCUT2D eigenvalue weighted by Gasteiger charge is 2.35. The molecule has 208 valence electrons. The molecule has 3 aromatic rings. The van der Waals surface area contributed by atoms with Crippen LogP contribution in [0.4, 0.5) is 13.2 Å². The van der Waals surface area contributed by atoms with Crippen molar-refractivity contribution < 1.29 is 47.0 Å². The van der Waals surface area contributed by atoms with Gasteiger partial charge in [0.05, 0.1) is 35.5 Å². The lowest BCUT2D eigenvalue weighted by molar-refractivity contribution is -0.0955. The molecule has 3 rings (SSSR count). The van der Waals surface area contributed by atoms with Crippen LogP contribution in [0, 0.1) is 17.5 Å². The Balaban J connectivity index is 1.96. The van der Waals surface area contributed by atoms with Crippen LogP contribution in [0.2, 0.25) is 10.0 Å². The SMILES string of the molecule is C[C@@H](O)C(CO)OC(Sc1ccc(Cl)c(Cl)c1)[C@H](Cn1cc(-c2cc(F)c(F)c(F)c2)nn1)OP(=O)(O)O. The molecule has 0 aliphatic rings. The number of halogens is 5. The van der Waals surface area contributed by atoms with Gasteiger partial charge in [0.2, 0.25) is 0 Å². The maximum Gasteiger partial charge on any atom is 0.470 e. The molecule has 2 aromatic carbocycles. The van der Waals surface area contributed by atoms with Crippen molar-refractivity contribution in [2.45, 2.75) is 42.1 Å². The number of aliphatic hydroxyl groups excluding tert-OH is 2. The summed E-state index contributed by atoms with van der Waals surface area (Å²) >= 11 is 12.9. The summed E-state index contributed by atoms with van der Waals surface area (Å²) in [5.74, 6) is -4.55. The number of nitrogens with zero attached hydrogens (tertiary/aromatic N) is 3. The lowest BCUT2D eigenvalue weighted by atomic mass is 10.1. The number of phosphoric ester groups is 1. The Bertz CT molecular complexity index is 1290. The van der Waals surface area contributed by atoms with E-state index in [9.17, 15) is 37.7 Å². The lowest BCUT2D eigenvalue weighted by Crippen LogP contribution is -2.40. The summed E-state index contributed by atoms with van der Waals surface area (Å²) in [6.45, 7) is 0.264. The Morgan fingerprint density at radius 1 is 1.11 bits per heavy atom. The molecule has 4 atom stereocenters. The normalized spacial score (nSPS) is 15.3. The van der Waals surface area contributed by atoms with Crippen molar-refractivity contribution in [3.8, 4) is 11.3 Å². The minimum absolute atomic E-state index is 0.0791. The van der Waals surface area contributed by atoms with Gasteiger partial charge in [-0.05, 0) is 37.3 Å². The molecule has 0 saturated heterocycles. The van der Waals surface area contributed by atoms with Crippen LogP contribution < -0.4 is 0 Å². The van der Waals surface area contributed by atoms with Gasteiger partial charge in [0.1, 0.15) is 23.3 Å². The smallest absolute Gasteiger partial charge is 0.394 e. The van der Waals surface area contributed by atoms with Gasteiger partial charge in [-0.1, -0.05) is 40.2 Å². The summed E-state index contributed by atoms with van der Waals surface area (Å²) in [6.07, 6.45) is -2.69. The van der Waals surface area contributed by atoms with E-state index < -0.39 is 62.2 Å². The zero-order valence-corrected chi connectivity index (χ0v) is 22.5. The van der Waals surface area contributed by atoms with Gasteiger partial charge >= 0.3 is 7.82 Å². The van der Waals surface area contributed by atoms with E-state index in [1.165, 1.54) is 25.3 Å². The molecule has 10 nitrogen and oxygen atoms in total. The van der Waals surface area contributed by atoms with Crippen LogP contribution in [0.25, 0.3) is 11.3 Å². The van der Waals surface area contributed by atoms with Crippen LogP contribution in [-0.2, 0) is 20.4 Å². The minimum Gasteiger partial charge on any atom is -0.394 e. The zero-order valence-electron chi connectivity index (χ0n) is 19.3. The molecule has 2 unspecified atom stereocenters. The van der Waals surface area contributed by atoms with Gasteiger partial charge in [-0.25, -0.2) is 22.4 Å². The van der Waals surface area contributed by atoms with Crippen molar-refractivity contribution in [3.05, 3.63) is 64.0 Å². The van der Waals surface area contributed by atoms with Crippen LogP contribution in [-0.4, -0.2) is 65.3 Å². The number of phosphoric acid groups is 1. The molecular weight excluding hydrogens is 597 g/mol. The van der Waals surface area contributed by atoms with E-state index >= 15 is 0 Å². The third-order valence-electron chi connectivity index (χ3n) is 4.93. The Hall–Kier alpha value is -1.71. The summed E-state index contributed by atoms with van der Waals surface area (Å²) in [4.78, 5) is 19.5. The van der Waals surface area contributed by atoms with Crippen molar-refractivity contribution >= 4 is 42.8 Å². The van der Waals surface area contributed by atoms with E-state index in [2.05, 4.69) is 10.3 Å². The molecule has 4 N–H and O–H groups in total. The number of aliphatic hydroxyl groups is 2. The van der Waals surface area contributed by atoms with Gasteiger partial charge in [0, 0.05) is 10.5 Å². The van der Waals surface area contributed by atoms with Crippen molar-refractivity contribution in [1.82, 2.24) is 15.0 Å². The zero-order chi connectivity index (χ0) is 28.2. The fourth-order valence-electron chi connectivity index (χ4n) is 3.11. The Labute approximate surface area is 228 Å². The monoisotopic (exact) mass is 617 g/mol. The molecule has 0 amide bonds. The summed E-state index contributed by atoms with van der Waals surface area (Å²) in [5.41, 5.74) is -1.52. The van der Waals surface area contributed by atoms with Gasteiger partial charge in [0.25, 0.3) is 0 Å². The van der Waals surface area contributed by atoms with Crippen LogP contribution in [0.1, 0.15) is 6.92 Å². The number of benzene rings is 2. The maximum absolute atomic E-state index is 13.7. The molecule has 1 heterocycles. The van der Waals surface area contributed by atoms with Gasteiger partial charge in [-0.15, -0.1) is 5.10 Å². The highest BCUT2D eigenvalue weighted by molar-refractivity contribution is 7.99.